The second-order valence-electron chi connectivity index (χ2n) is 4.90. The summed E-state index contributed by atoms with van der Waals surface area (Å²) in [6.45, 7) is 7.73. The number of carbonyl (C=O) groups excluding carboxylic acids is 1. The molecule has 0 atom stereocenters. The topological polar surface area (TPSA) is 20.3 Å². The second-order valence-corrected chi connectivity index (χ2v) is 4.90. The van der Waals surface area contributed by atoms with Crippen LogP contribution in [-0.2, 0) is 4.79 Å². The zero-order chi connectivity index (χ0) is 10.1. The van der Waals surface area contributed by atoms with Gasteiger partial charge in [0.2, 0.25) is 5.91 Å². The van der Waals surface area contributed by atoms with E-state index in [0.717, 1.165) is 13.1 Å². The first-order valence-corrected chi connectivity index (χ1v) is 4.66. The van der Waals surface area contributed by atoms with E-state index in [9.17, 15) is 4.79 Å². The summed E-state index contributed by atoms with van der Waals surface area (Å²) < 4.78 is 0. The molecule has 72 valence electrons. The Hall–Kier alpha value is -0.970. The van der Waals surface area contributed by atoms with Crippen LogP contribution >= 0.6 is 0 Å². The van der Waals surface area contributed by atoms with E-state index in [1.54, 1.807) is 0 Å². The van der Waals surface area contributed by atoms with Crippen LogP contribution in [0.1, 0.15) is 27.2 Å². The lowest BCUT2D eigenvalue weighted by atomic mass is 9.90. The largest absolute Gasteiger partial charge is 0.340 e. The van der Waals surface area contributed by atoms with Crippen LogP contribution in [0.4, 0.5) is 0 Å². The van der Waals surface area contributed by atoms with Crippen molar-refractivity contribution in [3.05, 3.63) is 0 Å². The van der Waals surface area contributed by atoms with E-state index in [1.807, 2.05) is 4.90 Å². The number of carbonyl (C=O) groups is 1. The monoisotopic (exact) mass is 179 g/mol. The Morgan fingerprint density at radius 3 is 2.46 bits per heavy atom. The summed E-state index contributed by atoms with van der Waals surface area (Å²) in [5, 5.41) is 0. The lowest BCUT2D eigenvalue weighted by Gasteiger charge is -2.37. The molecule has 1 fully saturated rings. The van der Waals surface area contributed by atoms with Crippen LogP contribution < -0.4 is 0 Å². The van der Waals surface area contributed by atoms with Gasteiger partial charge in [-0.1, -0.05) is 26.7 Å². The number of amides is 1. The van der Waals surface area contributed by atoms with Gasteiger partial charge in [0.25, 0.3) is 0 Å². The highest BCUT2D eigenvalue weighted by atomic mass is 16.2. The van der Waals surface area contributed by atoms with Gasteiger partial charge in [-0.3, -0.25) is 4.79 Å². The maximum atomic E-state index is 11.6. The van der Waals surface area contributed by atoms with Crippen molar-refractivity contribution in [1.82, 2.24) is 4.90 Å². The van der Waals surface area contributed by atoms with E-state index in [0.29, 0.717) is 12.3 Å². The molecule has 0 radical (unpaired) electrons. The molecule has 0 aromatic carbocycles. The van der Waals surface area contributed by atoms with Crippen LogP contribution in [0, 0.1) is 23.7 Å². The Balaban J connectivity index is 2.33. The van der Waals surface area contributed by atoms with Crippen LogP contribution in [0.5, 0.6) is 0 Å². The van der Waals surface area contributed by atoms with E-state index < -0.39 is 0 Å². The molecule has 13 heavy (non-hydrogen) atoms. The lowest BCUT2D eigenvalue weighted by Crippen LogP contribution is -2.50. The molecular weight excluding hydrogens is 162 g/mol. The molecule has 1 rings (SSSR count). The van der Waals surface area contributed by atoms with Crippen molar-refractivity contribution in [3.63, 3.8) is 0 Å². The summed E-state index contributed by atoms with van der Waals surface area (Å²) in [4.78, 5) is 13.4. The van der Waals surface area contributed by atoms with Crippen molar-refractivity contribution in [2.75, 3.05) is 13.1 Å². The molecule has 2 heteroatoms. The molecule has 0 aliphatic carbocycles. The van der Waals surface area contributed by atoms with Crippen LogP contribution in [0.25, 0.3) is 0 Å². The fourth-order valence-electron chi connectivity index (χ4n) is 1.35. The predicted octanol–water partition coefficient (Wildman–Crippen LogP) is 1.51. The summed E-state index contributed by atoms with van der Waals surface area (Å²) in [7, 11) is 0. The van der Waals surface area contributed by atoms with E-state index in [4.69, 9.17) is 6.42 Å². The molecule has 0 N–H and O–H groups in total. The van der Waals surface area contributed by atoms with Gasteiger partial charge >= 0.3 is 0 Å². The van der Waals surface area contributed by atoms with E-state index in [-0.39, 0.29) is 11.3 Å². The molecule has 0 aromatic heterocycles. The van der Waals surface area contributed by atoms with Crippen molar-refractivity contribution >= 4 is 5.91 Å². The summed E-state index contributed by atoms with van der Waals surface area (Å²) >= 11 is 0. The average Bonchev–Trinajstić information content (AvgIpc) is 1.79. The number of hydrogen-bond donors (Lipinski definition) is 0. The summed E-state index contributed by atoms with van der Waals surface area (Å²) in [6.07, 6.45) is 5.85. The predicted molar refractivity (Wildman–Crippen MR) is 53.0 cm³/mol. The Bertz CT molecular complexity index is 238. The van der Waals surface area contributed by atoms with Gasteiger partial charge in [-0.2, -0.15) is 0 Å². The summed E-state index contributed by atoms with van der Waals surface area (Å²) in [6, 6.07) is 0. The van der Waals surface area contributed by atoms with Gasteiger partial charge in [-0.25, -0.2) is 0 Å². The number of terminal acetylenes is 1. The Morgan fingerprint density at radius 2 is 2.08 bits per heavy atom. The molecule has 1 saturated heterocycles. The van der Waals surface area contributed by atoms with Crippen LogP contribution in [0.15, 0.2) is 0 Å². The number of hydrogen-bond acceptors (Lipinski definition) is 1. The second kappa shape index (κ2) is 3.41. The van der Waals surface area contributed by atoms with E-state index >= 15 is 0 Å². The number of rotatable bonds is 1. The van der Waals surface area contributed by atoms with Crippen LogP contribution in [0.2, 0.25) is 0 Å². The van der Waals surface area contributed by atoms with Gasteiger partial charge < -0.3 is 4.90 Å². The van der Waals surface area contributed by atoms with Gasteiger partial charge in [-0.05, 0) is 5.41 Å². The first-order chi connectivity index (χ1) is 5.92. The smallest absolute Gasteiger partial charge is 0.223 e. The SMILES string of the molecule is C#CC1CN(C(=O)CC(C)(C)C)C1. The molecule has 0 unspecified atom stereocenters. The van der Waals surface area contributed by atoms with Crippen molar-refractivity contribution in [1.29, 1.82) is 0 Å². The average molecular weight is 179 g/mol. The van der Waals surface area contributed by atoms with Gasteiger partial charge in [0.1, 0.15) is 0 Å². The first kappa shape index (κ1) is 10.1. The minimum Gasteiger partial charge on any atom is -0.340 e. The highest BCUT2D eigenvalue weighted by molar-refractivity contribution is 5.77. The molecule has 1 amide bonds. The third kappa shape index (κ3) is 2.77. The third-order valence-corrected chi connectivity index (χ3v) is 2.15. The Labute approximate surface area is 80.3 Å². The van der Waals surface area contributed by atoms with E-state index in [2.05, 4.69) is 26.7 Å². The minimum absolute atomic E-state index is 0.0817. The molecule has 1 aliphatic heterocycles. The van der Waals surface area contributed by atoms with Crippen LogP contribution in [0.3, 0.4) is 0 Å². The fourth-order valence-corrected chi connectivity index (χ4v) is 1.35. The molecule has 2 nitrogen and oxygen atoms in total. The summed E-state index contributed by atoms with van der Waals surface area (Å²) in [5.74, 6) is 3.19. The van der Waals surface area contributed by atoms with E-state index in [1.165, 1.54) is 0 Å². The number of nitrogens with zero attached hydrogens (tertiary/aromatic N) is 1. The zero-order valence-corrected chi connectivity index (χ0v) is 8.63. The highest BCUT2D eigenvalue weighted by Gasteiger charge is 2.30. The quantitative estimate of drug-likeness (QED) is 0.559. The molecule has 0 spiro atoms. The zero-order valence-electron chi connectivity index (χ0n) is 8.63. The Kier molecular flexibility index (Phi) is 2.66. The van der Waals surface area contributed by atoms with Gasteiger partial charge in [0, 0.05) is 19.5 Å². The normalized spacial score (nSPS) is 17.8. The molecule has 1 heterocycles. The molecular formula is C11H17NO. The standard InChI is InChI=1S/C11H17NO/c1-5-9-7-12(8-9)10(13)6-11(2,3)4/h1,9H,6-8H2,2-4H3. The lowest BCUT2D eigenvalue weighted by molar-refractivity contribution is -0.138. The fraction of sp³-hybridized carbons (Fsp3) is 0.727. The van der Waals surface area contributed by atoms with Gasteiger partial charge in [0.15, 0.2) is 0 Å². The first-order valence-electron chi connectivity index (χ1n) is 4.66. The van der Waals surface area contributed by atoms with Gasteiger partial charge in [0.05, 0.1) is 5.92 Å². The molecule has 1 aliphatic rings. The molecule has 0 saturated carbocycles. The van der Waals surface area contributed by atoms with Crippen molar-refractivity contribution < 1.29 is 4.79 Å². The highest BCUT2D eigenvalue weighted by Crippen LogP contribution is 2.23. The van der Waals surface area contributed by atoms with Crippen molar-refractivity contribution in [2.24, 2.45) is 11.3 Å². The summed E-state index contributed by atoms with van der Waals surface area (Å²) in [5.41, 5.74) is 0.0817. The van der Waals surface area contributed by atoms with Crippen molar-refractivity contribution in [2.45, 2.75) is 27.2 Å². The molecule has 0 aromatic rings. The van der Waals surface area contributed by atoms with Crippen molar-refractivity contribution in [3.8, 4) is 12.3 Å². The third-order valence-electron chi connectivity index (χ3n) is 2.15. The maximum absolute atomic E-state index is 11.6. The number of likely N-dealkylation sites (tertiary alicyclic amines) is 1. The Morgan fingerprint density at radius 1 is 1.54 bits per heavy atom. The molecule has 0 bridgehead atoms. The minimum atomic E-state index is 0.0817. The van der Waals surface area contributed by atoms with Crippen LogP contribution in [-0.4, -0.2) is 23.9 Å². The maximum Gasteiger partial charge on any atom is 0.223 e. The van der Waals surface area contributed by atoms with Gasteiger partial charge in [-0.15, -0.1) is 6.42 Å².